The van der Waals surface area contributed by atoms with E-state index in [1.165, 1.54) is 21.8 Å². The average Bonchev–Trinajstić information content (AvgIpc) is 3.91. The van der Waals surface area contributed by atoms with E-state index in [-0.39, 0.29) is 0 Å². The van der Waals surface area contributed by atoms with Gasteiger partial charge in [0.15, 0.2) is 0 Å². The van der Waals surface area contributed by atoms with Crippen molar-refractivity contribution in [1.82, 2.24) is 9.55 Å². The third-order valence-electron chi connectivity index (χ3n) is 12.2. The number of fused-ring (bicyclic) bond motifs is 6. The molecule has 0 aliphatic heterocycles. The van der Waals surface area contributed by atoms with Crippen LogP contribution in [0.2, 0.25) is 0 Å². The first-order valence-corrected chi connectivity index (χ1v) is 21.4. The van der Waals surface area contributed by atoms with Crippen molar-refractivity contribution < 1.29 is 4.42 Å². The van der Waals surface area contributed by atoms with Crippen molar-refractivity contribution in [3.63, 3.8) is 0 Å². The number of nitrogens with zero attached hydrogens (tertiary/aromatic N) is 3. The van der Waals surface area contributed by atoms with Gasteiger partial charge in [0, 0.05) is 67.2 Å². The van der Waals surface area contributed by atoms with Gasteiger partial charge in [-0.1, -0.05) is 133 Å². The van der Waals surface area contributed by atoms with Crippen molar-refractivity contribution in [2.24, 2.45) is 0 Å². The van der Waals surface area contributed by atoms with Gasteiger partial charge >= 0.3 is 0 Å². The fourth-order valence-corrected chi connectivity index (χ4v) is 9.22. The molecule has 0 spiro atoms. The summed E-state index contributed by atoms with van der Waals surface area (Å²) in [5, 5.41) is 4.65. The molecule has 3 heterocycles. The summed E-state index contributed by atoms with van der Waals surface area (Å²) >= 11 is 0. The van der Waals surface area contributed by atoms with Crippen LogP contribution >= 0.6 is 0 Å². The number of hydrogen-bond acceptors (Lipinski definition) is 3. The fraction of sp³-hybridized carbons (Fsp3) is 0. The SMILES string of the molecule is c1ccc(N(c2ccccc2)c2ccc(-c3ccc(-c4cc(-c5ccc6c(c5)c5ccccc5n6-c5ccccc5)cc(-c5cccc6c5oc5ccccc56)c4)nc3)cc2)cc1. The van der Waals surface area contributed by atoms with Crippen LogP contribution < -0.4 is 4.90 Å². The van der Waals surface area contributed by atoms with Gasteiger partial charge < -0.3 is 13.9 Å². The Labute approximate surface area is 365 Å². The first-order valence-electron chi connectivity index (χ1n) is 21.4. The summed E-state index contributed by atoms with van der Waals surface area (Å²) in [6.45, 7) is 0. The molecule has 0 unspecified atom stereocenters. The quantitative estimate of drug-likeness (QED) is 0.153. The Balaban J connectivity index is 0.964. The highest BCUT2D eigenvalue weighted by Crippen LogP contribution is 2.41. The van der Waals surface area contributed by atoms with Gasteiger partial charge in [0.1, 0.15) is 11.2 Å². The molecule has 63 heavy (non-hydrogen) atoms. The van der Waals surface area contributed by atoms with Crippen molar-refractivity contribution in [2.75, 3.05) is 4.90 Å². The fourth-order valence-electron chi connectivity index (χ4n) is 9.22. The lowest BCUT2D eigenvalue weighted by Gasteiger charge is -2.25. The minimum absolute atomic E-state index is 0.882. The number of para-hydroxylation sites is 6. The van der Waals surface area contributed by atoms with E-state index in [1.807, 2.05) is 18.3 Å². The van der Waals surface area contributed by atoms with Gasteiger partial charge in [0.2, 0.25) is 0 Å². The second-order valence-electron chi connectivity index (χ2n) is 16.0. The van der Waals surface area contributed by atoms with Crippen molar-refractivity contribution in [3.8, 4) is 50.3 Å². The standard InChI is InChI=1S/C59H39N3O/c1-4-15-46(16-5-1)61(47-17-6-2-7-18-47)49-31-27-40(28-32-49)42-29-33-55(60-39-42)45-36-43(35-44(37-45)50-23-14-24-53-52-22-11-13-26-58(52)63-59(50)53)41-30-34-57-54(38-41)51-21-10-12-25-56(51)62(57)48-19-8-3-9-20-48/h1-39H. The molecule has 0 saturated heterocycles. The molecule has 4 nitrogen and oxygen atoms in total. The van der Waals surface area contributed by atoms with Crippen LogP contribution in [0.4, 0.5) is 17.1 Å². The molecule has 0 fully saturated rings. The van der Waals surface area contributed by atoms with Crippen LogP contribution in [-0.2, 0) is 0 Å². The number of rotatable bonds is 8. The topological polar surface area (TPSA) is 34.2 Å². The Hall–Kier alpha value is -8.47. The Bertz CT molecular complexity index is 3550. The predicted molar refractivity (Wildman–Crippen MR) is 262 cm³/mol. The van der Waals surface area contributed by atoms with E-state index >= 15 is 0 Å². The molecule has 0 atom stereocenters. The third-order valence-corrected chi connectivity index (χ3v) is 12.2. The zero-order valence-corrected chi connectivity index (χ0v) is 34.3. The molecular weight excluding hydrogens is 767 g/mol. The van der Waals surface area contributed by atoms with Crippen molar-refractivity contribution in [1.29, 1.82) is 0 Å². The predicted octanol–water partition coefficient (Wildman–Crippen LogP) is 16.2. The number of hydrogen-bond donors (Lipinski definition) is 0. The highest BCUT2D eigenvalue weighted by molar-refractivity contribution is 6.12. The largest absolute Gasteiger partial charge is 0.455 e. The second kappa shape index (κ2) is 15.2. The van der Waals surface area contributed by atoms with Gasteiger partial charge in [-0.15, -0.1) is 0 Å². The molecule has 0 aliphatic rings. The van der Waals surface area contributed by atoms with E-state index in [1.54, 1.807) is 0 Å². The summed E-state index contributed by atoms with van der Waals surface area (Å²) in [4.78, 5) is 7.41. The lowest BCUT2D eigenvalue weighted by Crippen LogP contribution is -2.09. The first kappa shape index (κ1) is 36.4. The van der Waals surface area contributed by atoms with E-state index < -0.39 is 0 Å². The summed E-state index contributed by atoms with van der Waals surface area (Å²) in [6, 6.07) is 81.8. The highest BCUT2D eigenvalue weighted by Gasteiger charge is 2.18. The molecule has 12 aromatic rings. The number of anilines is 3. The molecule has 0 N–H and O–H groups in total. The molecule has 3 aromatic heterocycles. The van der Waals surface area contributed by atoms with E-state index in [4.69, 9.17) is 9.40 Å². The smallest absolute Gasteiger partial charge is 0.143 e. The van der Waals surface area contributed by atoms with Gasteiger partial charge in [-0.25, -0.2) is 0 Å². The van der Waals surface area contributed by atoms with Crippen LogP contribution in [-0.4, -0.2) is 9.55 Å². The maximum Gasteiger partial charge on any atom is 0.143 e. The summed E-state index contributed by atoms with van der Waals surface area (Å²) < 4.78 is 8.96. The van der Waals surface area contributed by atoms with E-state index in [0.29, 0.717) is 0 Å². The van der Waals surface area contributed by atoms with Gasteiger partial charge in [0.05, 0.1) is 16.7 Å². The normalized spacial score (nSPS) is 11.5. The van der Waals surface area contributed by atoms with Crippen LogP contribution in [0.1, 0.15) is 0 Å². The molecule has 0 radical (unpaired) electrons. The molecule has 0 saturated carbocycles. The lowest BCUT2D eigenvalue weighted by molar-refractivity contribution is 0.670. The highest BCUT2D eigenvalue weighted by atomic mass is 16.3. The summed E-state index contributed by atoms with van der Waals surface area (Å²) in [5.41, 5.74) is 17.0. The Morgan fingerprint density at radius 2 is 0.952 bits per heavy atom. The summed E-state index contributed by atoms with van der Waals surface area (Å²) in [6.07, 6.45) is 1.99. The molecule has 296 valence electrons. The zero-order chi connectivity index (χ0) is 41.7. The summed E-state index contributed by atoms with van der Waals surface area (Å²) in [5.74, 6) is 0. The second-order valence-corrected chi connectivity index (χ2v) is 16.0. The molecular formula is C59H39N3O. The maximum absolute atomic E-state index is 6.60. The number of aromatic nitrogens is 2. The molecule has 0 amide bonds. The number of furan rings is 1. The van der Waals surface area contributed by atoms with Crippen LogP contribution in [0.25, 0.3) is 94.1 Å². The number of pyridine rings is 1. The molecule has 0 aliphatic carbocycles. The van der Waals surface area contributed by atoms with Gasteiger partial charge in [-0.05, 0) is 119 Å². The summed E-state index contributed by atoms with van der Waals surface area (Å²) in [7, 11) is 0. The van der Waals surface area contributed by atoms with Crippen molar-refractivity contribution in [3.05, 3.63) is 237 Å². The average molecular weight is 806 g/mol. The van der Waals surface area contributed by atoms with Gasteiger partial charge in [-0.2, -0.15) is 0 Å². The van der Waals surface area contributed by atoms with Crippen LogP contribution in [0, 0.1) is 0 Å². The number of benzene rings is 9. The lowest BCUT2D eigenvalue weighted by atomic mass is 9.93. The molecule has 12 rings (SSSR count). The van der Waals surface area contributed by atoms with Crippen molar-refractivity contribution in [2.45, 2.75) is 0 Å². The van der Waals surface area contributed by atoms with Crippen LogP contribution in [0.15, 0.2) is 241 Å². The van der Waals surface area contributed by atoms with E-state index in [2.05, 4.69) is 228 Å². The Kier molecular flexibility index (Phi) is 8.79. The monoisotopic (exact) mass is 805 g/mol. The molecule has 0 bridgehead atoms. The minimum atomic E-state index is 0.882. The Morgan fingerprint density at radius 1 is 0.365 bits per heavy atom. The van der Waals surface area contributed by atoms with E-state index in [0.717, 1.165) is 89.3 Å². The van der Waals surface area contributed by atoms with E-state index in [9.17, 15) is 0 Å². The maximum atomic E-state index is 6.60. The minimum Gasteiger partial charge on any atom is -0.455 e. The van der Waals surface area contributed by atoms with Gasteiger partial charge in [0.25, 0.3) is 0 Å². The third kappa shape index (κ3) is 6.44. The van der Waals surface area contributed by atoms with Crippen LogP contribution in [0.3, 0.4) is 0 Å². The zero-order valence-electron chi connectivity index (χ0n) is 34.3. The van der Waals surface area contributed by atoms with Crippen molar-refractivity contribution >= 4 is 60.8 Å². The molecule has 4 heteroatoms. The Morgan fingerprint density at radius 3 is 1.70 bits per heavy atom. The first-order chi connectivity index (χ1) is 31.2. The van der Waals surface area contributed by atoms with Crippen LogP contribution in [0.5, 0.6) is 0 Å². The molecule has 9 aromatic carbocycles. The van der Waals surface area contributed by atoms with Gasteiger partial charge in [-0.3, -0.25) is 4.98 Å².